The van der Waals surface area contributed by atoms with Gasteiger partial charge in [-0.25, -0.2) is 0 Å². The standard InChI is InChI=1S/C12H23N.C10H9NO5/c1-3-7-11(8-4-1)13-12-9-5-2-6-10-12;11-4-5(10(15)16)1-7-8(13)2-6(12)3-9(7)14/h11-13H,1-10H2;2-3,5,12-14H,1H2,(H,15,16). The number of aliphatic carboxylic acids is 1. The highest BCUT2D eigenvalue weighted by Crippen LogP contribution is 2.33. The molecule has 5 N–H and O–H groups in total. The number of phenolic OH excluding ortho intramolecular Hbond substituents is 3. The first-order valence-corrected chi connectivity index (χ1v) is 10.6. The van der Waals surface area contributed by atoms with Gasteiger partial charge in [0, 0.05) is 24.1 Å². The Kier molecular flexibility index (Phi) is 9.07. The zero-order chi connectivity index (χ0) is 21.2. The van der Waals surface area contributed by atoms with Crippen molar-refractivity contribution in [3.8, 4) is 23.3 Å². The Morgan fingerprint density at radius 2 is 1.45 bits per heavy atom. The Morgan fingerprint density at radius 1 is 1.00 bits per heavy atom. The Bertz CT molecular complexity index is 665. The molecule has 1 aromatic rings. The van der Waals surface area contributed by atoms with Gasteiger partial charge in [-0.05, 0) is 51.4 Å². The molecular weight excluding hydrogens is 372 g/mol. The maximum absolute atomic E-state index is 10.5. The minimum absolute atomic E-state index is 0.117. The molecule has 0 radical (unpaired) electrons. The van der Waals surface area contributed by atoms with Crippen molar-refractivity contribution in [2.45, 2.75) is 82.7 Å². The lowest BCUT2D eigenvalue weighted by Crippen LogP contribution is -2.95. The number of benzene rings is 1. The van der Waals surface area contributed by atoms with E-state index in [2.05, 4.69) is 5.32 Å². The highest BCUT2D eigenvalue weighted by molar-refractivity contribution is 5.71. The van der Waals surface area contributed by atoms with Crippen LogP contribution >= 0.6 is 0 Å². The van der Waals surface area contributed by atoms with Crippen LogP contribution in [0.3, 0.4) is 0 Å². The molecule has 0 amide bonds. The van der Waals surface area contributed by atoms with Gasteiger partial charge in [0.1, 0.15) is 17.2 Å². The summed E-state index contributed by atoms with van der Waals surface area (Å²) < 4.78 is 0. The second-order valence-corrected chi connectivity index (χ2v) is 8.16. The van der Waals surface area contributed by atoms with Crippen molar-refractivity contribution < 1.29 is 30.5 Å². The quantitative estimate of drug-likeness (QED) is 0.585. The van der Waals surface area contributed by atoms with Gasteiger partial charge in [-0.2, -0.15) is 5.26 Å². The van der Waals surface area contributed by atoms with Crippen LogP contribution in [0.5, 0.6) is 17.2 Å². The summed E-state index contributed by atoms with van der Waals surface area (Å²) in [6, 6.07) is 5.35. The van der Waals surface area contributed by atoms with Gasteiger partial charge in [-0.15, -0.1) is 0 Å². The van der Waals surface area contributed by atoms with Gasteiger partial charge in [0.05, 0.1) is 30.0 Å². The molecule has 29 heavy (non-hydrogen) atoms. The Labute approximate surface area is 172 Å². The number of aromatic hydroxyl groups is 3. The molecule has 160 valence electrons. The molecule has 7 heteroatoms. The largest absolute Gasteiger partial charge is 0.549 e. The minimum atomic E-state index is -1.59. The number of carboxylic acid groups (broad SMARTS) is 1. The van der Waals surface area contributed by atoms with E-state index in [1.807, 2.05) is 0 Å². The molecule has 2 saturated carbocycles. The first-order chi connectivity index (χ1) is 13.9. The molecule has 0 spiro atoms. The molecule has 1 atom stereocenters. The van der Waals surface area contributed by atoms with Gasteiger partial charge in [0.2, 0.25) is 0 Å². The summed E-state index contributed by atoms with van der Waals surface area (Å²) in [7, 11) is 0. The van der Waals surface area contributed by atoms with Crippen LogP contribution < -0.4 is 10.4 Å². The molecule has 1 unspecified atom stereocenters. The second kappa shape index (κ2) is 11.5. The van der Waals surface area contributed by atoms with Crippen LogP contribution in [0.25, 0.3) is 0 Å². The second-order valence-electron chi connectivity index (χ2n) is 8.16. The van der Waals surface area contributed by atoms with E-state index in [0.29, 0.717) is 0 Å². The van der Waals surface area contributed by atoms with Gasteiger partial charge in [-0.1, -0.05) is 12.8 Å². The van der Waals surface area contributed by atoms with Crippen molar-refractivity contribution in [1.29, 1.82) is 5.26 Å². The van der Waals surface area contributed by atoms with Gasteiger partial charge >= 0.3 is 0 Å². The van der Waals surface area contributed by atoms with Crippen molar-refractivity contribution in [3.63, 3.8) is 0 Å². The molecule has 0 heterocycles. The number of nitriles is 1. The molecule has 7 nitrogen and oxygen atoms in total. The fraction of sp³-hybridized carbons (Fsp3) is 0.636. The Balaban J connectivity index is 0.000000211. The number of phenols is 3. The predicted molar refractivity (Wildman–Crippen MR) is 105 cm³/mol. The Hall–Kier alpha value is -2.46. The van der Waals surface area contributed by atoms with Crippen LogP contribution in [0.15, 0.2) is 12.1 Å². The molecule has 0 bridgehead atoms. The fourth-order valence-corrected chi connectivity index (χ4v) is 4.26. The van der Waals surface area contributed by atoms with E-state index in [0.717, 1.165) is 24.2 Å². The van der Waals surface area contributed by atoms with Crippen molar-refractivity contribution >= 4 is 5.97 Å². The highest BCUT2D eigenvalue weighted by Gasteiger charge is 2.22. The van der Waals surface area contributed by atoms with Crippen molar-refractivity contribution in [2.24, 2.45) is 5.92 Å². The maximum Gasteiger partial charge on any atom is 0.126 e. The Morgan fingerprint density at radius 3 is 1.83 bits per heavy atom. The average molecular weight is 405 g/mol. The van der Waals surface area contributed by atoms with Crippen molar-refractivity contribution in [3.05, 3.63) is 17.7 Å². The monoisotopic (exact) mass is 404 g/mol. The molecular formula is C22H32N2O5. The molecule has 2 aliphatic carbocycles. The minimum Gasteiger partial charge on any atom is -0.549 e. The number of nitrogens with zero attached hydrogens (tertiary/aromatic N) is 1. The molecule has 0 saturated heterocycles. The summed E-state index contributed by atoms with van der Waals surface area (Å²) in [6.45, 7) is 0. The third kappa shape index (κ3) is 7.47. The van der Waals surface area contributed by atoms with E-state index in [1.54, 1.807) is 0 Å². The van der Waals surface area contributed by atoms with Gasteiger partial charge in [0.15, 0.2) is 0 Å². The van der Waals surface area contributed by atoms with Crippen LogP contribution in [-0.4, -0.2) is 33.4 Å². The number of hydrogen-bond acceptors (Lipinski definition) is 6. The molecule has 1 aromatic carbocycles. The van der Waals surface area contributed by atoms with E-state index in [1.165, 1.54) is 70.3 Å². The molecule has 2 aliphatic rings. The first kappa shape index (κ1) is 22.8. The fourth-order valence-electron chi connectivity index (χ4n) is 4.26. The van der Waals surface area contributed by atoms with Gasteiger partial charge in [-0.3, -0.25) is 0 Å². The number of hydrogen-bond donors (Lipinski definition) is 4. The third-order valence-corrected chi connectivity index (χ3v) is 5.88. The zero-order valence-corrected chi connectivity index (χ0v) is 16.8. The molecule has 2 fully saturated rings. The summed E-state index contributed by atoms with van der Waals surface area (Å²) in [4.78, 5) is 10.5. The third-order valence-electron chi connectivity index (χ3n) is 5.88. The van der Waals surface area contributed by atoms with E-state index in [4.69, 9.17) is 10.4 Å². The molecule has 0 aliphatic heterocycles. The van der Waals surface area contributed by atoms with E-state index in [9.17, 15) is 20.1 Å². The summed E-state index contributed by atoms with van der Waals surface area (Å²) in [5.74, 6) is -4.37. The predicted octanol–water partition coefficient (Wildman–Crippen LogP) is 1.45. The van der Waals surface area contributed by atoms with Crippen LogP contribution in [0.2, 0.25) is 0 Å². The first-order valence-electron chi connectivity index (χ1n) is 10.6. The SMILES string of the molecule is C1CCC([NH2+]C2CCCCC2)CC1.N#CC(Cc1c(O)cc(O)cc1O)C(=O)[O-]. The number of carboxylic acids is 1. The lowest BCUT2D eigenvalue weighted by Gasteiger charge is -2.27. The number of carbonyl (C=O) groups excluding carboxylic acids is 1. The van der Waals surface area contributed by atoms with Crippen molar-refractivity contribution in [1.82, 2.24) is 0 Å². The van der Waals surface area contributed by atoms with E-state index in [-0.39, 0.29) is 11.3 Å². The summed E-state index contributed by atoms with van der Waals surface area (Å²) in [6.07, 6.45) is 14.6. The van der Waals surface area contributed by atoms with Gasteiger partial charge in [0.25, 0.3) is 0 Å². The number of nitrogens with two attached hydrogens (primary N) is 1. The van der Waals surface area contributed by atoms with E-state index >= 15 is 0 Å². The molecule has 3 rings (SSSR count). The van der Waals surface area contributed by atoms with Gasteiger partial charge < -0.3 is 30.5 Å². The van der Waals surface area contributed by atoms with Crippen LogP contribution in [0.4, 0.5) is 0 Å². The normalized spacial score (nSPS) is 18.9. The number of quaternary nitrogens is 1. The topological polar surface area (TPSA) is 141 Å². The van der Waals surface area contributed by atoms with Crippen LogP contribution in [-0.2, 0) is 11.2 Å². The zero-order valence-electron chi connectivity index (χ0n) is 16.8. The highest BCUT2D eigenvalue weighted by atomic mass is 16.4. The average Bonchev–Trinajstić information content (AvgIpc) is 2.69. The van der Waals surface area contributed by atoms with Crippen LogP contribution in [0.1, 0.15) is 69.8 Å². The smallest absolute Gasteiger partial charge is 0.126 e. The maximum atomic E-state index is 10.5. The van der Waals surface area contributed by atoms with Crippen molar-refractivity contribution in [2.75, 3.05) is 0 Å². The summed E-state index contributed by atoms with van der Waals surface area (Å²) >= 11 is 0. The summed E-state index contributed by atoms with van der Waals surface area (Å²) in [5, 5.41) is 49.4. The van der Waals surface area contributed by atoms with E-state index < -0.39 is 29.8 Å². The lowest BCUT2D eigenvalue weighted by molar-refractivity contribution is -0.725. The lowest BCUT2D eigenvalue weighted by atomic mass is 9.91. The number of rotatable bonds is 5. The molecule has 0 aromatic heterocycles. The summed E-state index contributed by atoms with van der Waals surface area (Å²) in [5.41, 5.74) is -0.117. The van der Waals surface area contributed by atoms with Crippen LogP contribution in [0, 0.1) is 17.2 Å². The number of carbonyl (C=O) groups is 1.